The molecule has 0 aliphatic heterocycles. The summed E-state index contributed by atoms with van der Waals surface area (Å²) in [5.41, 5.74) is 0. The third-order valence-electron chi connectivity index (χ3n) is 4.43. The van der Waals surface area contributed by atoms with Gasteiger partial charge in [-0.15, -0.1) is 0 Å². The van der Waals surface area contributed by atoms with Gasteiger partial charge in [0.05, 0.1) is 0 Å². The van der Waals surface area contributed by atoms with Crippen molar-refractivity contribution in [2.45, 2.75) is 58.4 Å². The highest BCUT2D eigenvalue weighted by molar-refractivity contribution is 4.93. The molecule has 14 heavy (non-hydrogen) atoms. The maximum absolute atomic E-state index is 3.71. The molecule has 1 nitrogen and oxygen atoms in total. The number of unbranched alkanes of at least 4 members (excludes halogenated alkanes) is 1. The standard InChI is InChI=1S/C13H25N/c1-3-4-7-14-10(2)13-9-11-5-6-12(13)8-11/h10-14H,3-9H2,1-2H3/t10-,11-,12-,13-/m0/s1. The van der Waals surface area contributed by atoms with E-state index in [1.54, 1.807) is 6.42 Å². The Morgan fingerprint density at radius 3 is 2.71 bits per heavy atom. The van der Waals surface area contributed by atoms with Crippen molar-refractivity contribution in [3.63, 3.8) is 0 Å². The Balaban J connectivity index is 1.72. The quantitative estimate of drug-likeness (QED) is 0.664. The maximum Gasteiger partial charge on any atom is 0.00697 e. The van der Waals surface area contributed by atoms with Crippen LogP contribution in [0.2, 0.25) is 0 Å². The molecule has 0 unspecified atom stereocenters. The first-order valence-electron chi connectivity index (χ1n) is 6.54. The van der Waals surface area contributed by atoms with E-state index in [-0.39, 0.29) is 0 Å². The van der Waals surface area contributed by atoms with Gasteiger partial charge in [-0.05, 0) is 56.9 Å². The molecule has 0 heterocycles. The molecule has 2 fully saturated rings. The molecule has 2 saturated carbocycles. The fourth-order valence-corrected chi connectivity index (χ4v) is 3.56. The lowest BCUT2D eigenvalue weighted by molar-refractivity contribution is 0.260. The predicted molar refractivity (Wildman–Crippen MR) is 61.3 cm³/mol. The summed E-state index contributed by atoms with van der Waals surface area (Å²) in [5, 5.41) is 3.71. The molecular formula is C13H25N. The molecule has 1 heteroatoms. The molecule has 0 aromatic rings. The highest BCUT2D eigenvalue weighted by Crippen LogP contribution is 2.49. The predicted octanol–water partition coefficient (Wildman–Crippen LogP) is 3.20. The second-order valence-corrected chi connectivity index (χ2v) is 5.44. The van der Waals surface area contributed by atoms with E-state index in [1.165, 1.54) is 38.6 Å². The molecule has 82 valence electrons. The van der Waals surface area contributed by atoms with Crippen molar-refractivity contribution < 1.29 is 0 Å². The van der Waals surface area contributed by atoms with Crippen LogP contribution in [0.15, 0.2) is 0 Å². The van der Waals surface area contributed by atoms with E-state index in [4.69, 9.17) is 0 Å². The van der Waals surface area contributed by atoms with Crippen molar-refractivity contribution >= 4 is 0 Å². The van der Waals surface area contributed by atoms with Gasteiger partial charge in [-0.2, -0.15) is 0 Å². The minimum Gasteiger partial charge on any atom is -0.314 e. The van der Waals surface area contributed by atoms with E-state index < -0.39 is 0 Å². The summed E-state index contributed by atoms with van der Waals surface area (Å²) in [4.78, 5) is 0. The van der Waals surface area contributed by atoms with E-state index >= 15 is 0 Å². The third kappa shape index (κ3) is 2.13. The van der Waals surface area contributed by atoms with Gasteiger partial charge in [0.15, 0.2) is 0 Å². The molecule has 2 bridgehead atoms. The Morgan fingerprint density at radius 1 is 1.29 bits per heavy atom. The lowest BCUT2D eigenvalue weighted by Crippen LogP contribution is -2.36. The molecule has 0 amide bonds. The van der Waals surface area contributed by atoms with Gasteiger partial charge in [0.25, 0.3) is 0 Å². The zero-order chi connectivity index (χ0) is 9.97. The van der Waals surface area contributed by atoms with E-state index in [9.17, 15) is 0 Å². The Kier molecular flexibility index (Phi) is 3.48. The topological polar surface area (TPSA) is 12.0 Å². The molecule has 1 N–H and O–H groups in total. The Bertz CT molecular complexity index is 178. The summed E-state index contributed by atoms with van der Waals surface area (Å²) in [6.07, 6.45) is 8.77. The highest BCUT2D eigenvalue weighted by atomic mass is 14.9. The summed E-state index contributed by atoms with van der Waals surface area (Å²) < 4.78 is 0. The van der Waals surface area contributed by atoms with Gasteiger partial charge < -0.3 is 5.32 Å². The van der Waals surface area contributed by atoms with Crippen LogP contribution in [-0.2, 0) is 0 Å². The van der Waals surface area contributed by atoms with E-state index in [0.717, 1.165) is 23.8 Å². The van der Waals surface area contributed by atoms with Crippen LogP contribution in [0.25, 0.3) is 0 Å². The number of fused-ring (bicyclic) bond motifs is 2. The van der Waals surface area contributed by atoms with E-state index in [0.29, 0.717) is 0 Å². The fourth-order valence-electron chi connectivity index (χ4n) is 3.56. The number of hydrogen-bond acceptors (Lipinski definition) is 1. The van der Waals surface area contributed by atoms with Gasteiger partial charge in [0.1, 0.15) is 0 Å². The highest BCUT2D eigenvalue weighted by Gasteiger charge is 2.41. The maximum atomic E-state index is 3.71. The van der Waals surface area contributed by atoms with Crippen molar-refractivity contribution in [2.75, 3.05) is 6.54 Å². The van der Waals surface area contributed by atoms with E-state index in [1.807, 2.05) is 0 Å². The van der Waals surface area contributed by atoms with Crippen LogP contribution in [0.1, 0.15) is 52.4 Å². The second kappa shape index (κ2) is 4.65. The first-order chi connectivity index (χ1) is 6.81. The lowest BCUT2D eigenvalue weighted by Gasteiger charge is -2.28. The first kappa shape index (κ1) is 10.5. The molecule has 0 spiro atoms. The fraction of sp³-hybridized carbons (Fsp3) is 1.00. The molecule has 2 aliphatic carbocycles. The molecule has 0 radical (unpaired) electrons. The van der Waals surface area contributed by atoms with Gasteiger partial charge >= 0.3 is 0 Å². The zero-order valence-electron chi connectivity index (χ0n) is 9.76. The largest absolute Gasteiger partial charge is 0.314 e. The number of rotatable bonds is 5. The summed E-state index contributed by atoms with van der Waals surface area (Å²) in [6.45, 7) is 5.90. The van der Waals surface area contributed by atoms with Gasteiger partial charge in [0, 0.05) is 6.04 Å². The third-order valence-corrected chi connectivity index (χ3v) is 4.43. The molecule has 0 aromatic carbocycles. The summed E-state index contributed by atoms with van der Waals surface area (Å²) in [7, 11) is 0. The monoisotopic (exact) mass is 195 g/mol. The van der Waals surface area contributed by atoms with Gasteiger partial charge in [-0.1, -0.05) is 19.8 Å². The van der Waals surface area contributed by atoms with Crippen LogP contribution < -0.4 is 5.32 Å². The van der Waals surface area contributed by atoms with Gasteiger partial charge in [-0.25, -0.2) is 0 Å². The van der Waals surface area contributed by atoms with Crippen LogP contribution in [0.4, 0.5) is 0 Å². The molecule has 0 aromatic heterocycles. The molecule has 2 rings (SSSR count). The smallest absolute Gasteiger partial charge is 0.00697 e. The normalized spacial score (nSPS) is 37.7. The van der Waals surface area contributed by atoms with Crippen LogP contribution in [0.3, 0.4) is 0 Å². The van der Waals surface area contributed by atoms with Gasteiger partial charge in [-0.3, -0.25) is 0 Å². The molecule has 2 aliphatic rings. The summed E-state index contributed by atoms with van der Waals surface area (Å²) in [6, 6.07) is 0.775. The summed E-state index contributed by atoms with van der Waals surface area (Å²) >= 11 is 0. The van der Waals surface area contributed by atoms with Crippen LogP contribution in [-0.4, -0.2) is 12.6 Å². The van der Waals surface area contributed by atoms with Crippen LogP contribution in [0, 0.1) is 17.8 Å². The van der Waals surface area contributed by atoms with Crippen LogP contribution in [0.5, 0.6) is 0 Å². The van der Waals surface area contributed by atoms with Crippen molar-refractivity contribution in [3.8, 4) is 0 Å². The van der Waals surface area contributed by atoms with Crippen molar-refractivity contribution in [1.82, 2.24) is 5.32 Å². The average Bonchev–Trinajstić information content (AvgIpc) is 2.79. The Hall–Kier alpha value is -0.0400. The number of nitrogens with one attached hydrogen (secondary N) is 1. The average molecular weight is 195 g/mol. The summed E-state index contributed by atoms with van der Waals surface area (Å²) in [5.74, 6) is 3.18. The van der Waals surface area contributed by atoms with Crippen molar-refractivity contribution in [3.05, 3.63) is 0 Å². The Labute approximate surface area is 88.7 Å². The SMILES string of the molecule is CCCCN[C@@H](C)[C@@H]1C[C@H]2CC[C@H]1C2. The van der Waals surface area contributed by atoms with Crippen molar-refractivity contribution in [2.24, 2.45) is 17.8 Å². The minimum absolute atomic E-state index is 0.775. The van der Waals surface area contributed by atoms with Crippen LogP contribution >= 0.6 is 0 Å². The zero-order valence-corrected chi connectivity index (χ0v) is 9.76. The number of hydrogen-bond donors (Lipinski definition) is 1. The second-order valence-electron chi connectivity index (χ2n) is 5.44. The Morgan fingerprint density at radius 2 is 2.14 bits per heavy atom. The molecular weight excluding hydrogens is 170 g/mol. The molecule has 4 atom stereocenters. The first-order valence-corrected chi connectivity index (χ1v) is 6.54. The molecule has 0 saturated heterocycles. The van der Waals surface area contributed by atoms with Crippen molar-refractivity contribution in [1.29, 1.82) is 0 Å². The lowest BCUT2D eigenvalue weighted by atomic mass is 9.84. The van der Waals surface area contributed by atoms with E-state index in [2.05, 4.69) is 19.2 Å². The minimum atomic E-state index is 0.775. The van der Waals surface area contributed by atoms with Gasteiger partial charge in [0.2, 0.25) is 0 Å².